The summed E-state index contributed by atoms with van der Waals surface area (Å²) >= 11 is 1.48. The first-order valence-corrected chi connectivity index (χ1v) is 9.77. The summed E-state index contributed by atoms with van der Waals surface area (Å²) in [6, 6.07) is 13.6. The molecular formula is C21H20N2O3S. The normalized spacial score (nSPS) is 13.1. The highest BCUT2D eigenvalue weighted by molar-refractivity contribution is 7.10. The Morgan fingerprint density at radius 1 is 1.15 bits per heavy atom. The summed E-state index contributed by atoms with van der Waals surface area (Å²) in [6.07, 6.45) is 1.13. The molecule has 3 aromatic rings. The summed E-state index contributed by atoms with van der Waals surface area (Å²) in [6.45, 7) is 3.29. The Bertz CT molecular complexity index is 968. The molecule has 1 aromatic heterocycles. The molecule has 0 atom stereocenters. The van der Waals surface area contributed by atoms with E-state index < -0.39 is 0 Å². The number of para-hydroxylation sites is 1. The molecule has 0 radical (unpaired) electrons. The quantitative estimate of drug-likeness (QED) is 0.726. The number of nitrogens with zero attached hydrogens (tertiary/aromatic N) is 1. The van der Waals surface area contributed by atoms with Gasteiger partial charge in [0.25, 0.3) is 0 Å². The van der Waals surface area contributed by atoms with E-state index >= 15 is 0 Å². The first-order valence-electron chi connectivity index (χ1n) is 8.89. The predicted octanol–water partition coefficient (Wildman–Crippen LogP) is 4.46. The molecule has 0 fully saturated rings. The van der Waals surface area contributed by atoms with Crippen molar-refractivity contribution >= 4 is 22.9 Å². The molecule has 6 heteroatoms. The standard InChI is InChI=1S/C21H20N2O3S/c1-14-5-2-3-6-16(14)22-20(24)12-21-23-17(13-27-21)15-7-8-18-19(11-15)26-10-4-9-25-18/h2-3,5-8,11,13H,4,9-10,12H2,1H3,(H,22,24). The Morgan fingerprint density at radius 2 is 1.96 bits per heavy atom. The fourth-order valence-corrected chi connectivity index (χ4v) is 3.69. The van der Waals surface area contributed by atoms with E-state index in [1.807, 2.05) is 54.8 Å². The average molecular weight is 380 g/mol. The van der Waals surface area contributed by atoms with Crippen molar-refractivity contribution in [2.45, 2.75) is 19.8 Å². The van der Waals surface area contributed by atoms with Gasteiger partial charge in [-0.1, -0.05) is 18.2 Å². The number of rotatable bonds is 4. The number of ether oxygens (including phenoxy) is 2. The van der Waals surface area contributed by atoms with E-state index in [0.29, 0.717) is 13.2 Å². The Labute approximate surface area is 162 Å². The molecule has 0 aliphatic carbocycles. The smallest absolute Gasteiger partial charge is 0.231 e. The number of carbonyl (C=O) groups excluding carboxylic acids is 1. The fourth-order valence-electron chi connectivity index (χ4n) is 2.89. The number of anilines is 1. The molecule has 2 heterocycles. The summed E-state index contributed by atoms with van der Waals surface area (Å²) in [7, 11) is 0. The van der Waals surface area contributed by atoms with Gasteiger partial charge < -0.3 is 14.8 Å². The molecule has 1 aliphatic heterocycles. The molecule has 0 saturated carbocycles. The summed E-state index contributed by atoms with van der Waals surface area (Å²) in [5, 5.41) is 5.70. The third-order valence-electron chi connectivity index (χ3n) is 4.33. The Morgan fingerprint density at radius 3 is 2.81 bits per heavy atom. The first kappa shape index (κ1) is 17.5. The Hall–Kier alpha value is -2.86. The molecular weight excluding hydrogens is 360 g/mol. The van der Waals surface area contributed by atoms with E-state index in [4.69, 9.17) is 9.47 Å². The van der Waals surface area contributed by atoms with E-state index in [1.165, 1.54) is 11.3 Å². The zero-order valence-electron chi connectivity index (χ0n) is 15.0. The van der Waals surface area contributed by atoms with Crippen LogP contribution in [-0.4, -0.2) is 24.1 Å². The van der Waals surface area contributed by atoms with Crippen molar-refractivity contribution < 1.29 is 14.3 Å². The lowest BCUT2D eigenvalue weighted by atomic mass is 10.1. The van der Waals surface area contributed by atoms with E-state index in [0.717, 1.165) is 45.4 Å². The van der Waals surface area contributed by atoms with Crippen molar-refractivity contribution in [3.05, 3.63) is 58.4 Å². The second-order valence-corrected chi connectivity index (χ2v) is 7.32. The van der Waals surface area contributed by atoms with Crippen LogP contribution in [0.4, 0.5) is 5.69 Å². The Kier molecular flexibility index (Phi) is 5.07. The van der Waals surface area contributed by atoms with Crippen LogP contribution in [0.3, 0.4) is 0 Å². The second kappa shape index (κ2) is 7.80. The molecule has 0 unspecified atom stereocenters. The third kappa shape index (κ3) is 4.11. The monoisotopic (exact) mass is 380 g/mol. The average Bonchev–Trinajstić information content (AvgIpc) is 2.99. The van der Waals surface area contributed by atoms with Gasteiger partial charge in [-0.3, -0.25) is 4.79 Å². The van der Waals surface area contributed by atoms with Gasteiger partial charge in [-0.2, -0.15) is 0 Å². The molecule has 4 rings (SSSR count). The third-order valence-corrected chi connectivity index (χ3v) is 5.17. The lowest BCUT2D eigenvalue weighted by Gasteiger charge is -2.08. The molecule has 5 nitrogen and oxygen atoms in total. The molecule has 2 aromatic carbocycles. The van der Waals surface area contributed by atoms with Crippen LogP contribution in [0.5, 0.6) is 11.5 Å². The van der Waals surface area contributed by atoms with Gasteiger partial charge in [0.05, 0.1) is 25.3 Å². The predicted molar refractivity (Wildman–Crippen MR) is 107 cm³/mol. The number of thiazole rings is 1. The lowest BCUT2D eigenvalue weighted by molar-refractivity contribution is -0.115. The van der Waals surface area contributed by atoms with Crippen LogP contribution in [0.15, 0.2) is 47.8 Å². The summed E-state index contributed by atoms with van der Waals surface area (Å²) in [5.41, 5.74) is 3.68. The van der Waals surface area contributed by atoms with Crippen molar-refractivity contribution in [3.63, 3.8) is 0 Å². The Balaban J connectivity index is 1.46. The molecule has 27 heavy (non-hydrogen) atoms. The van der Waals surface area contributed by atoms with Crippen LogP contribution in [0.25, 0.3) is 11.3 Å². The molecule has 0 bridgehead atoms. The number of fused-ring (bicyclic) bond motifs is 1. The zero-order valence-corrected chi connectivity index (χ0v) is 15.8. The van der Waals surface area contributed by atoms with E-state index in [9.17, 15) is 4.79 Å². The van der Waals surface area contributed by atoms with Gasteiger partial charge in [-0.15, -0.1) is 11.3 Å². The minimum absolute atomic E-state index is 0.0659. The largest absolute Gasteiger partial charge is 0.490 e. The van der Waals surface area contributed by atoms with Crippen molar-refractivity contribution in [1.82, 2.24) is 4.98 Å². The molecule has 0 spiro atoms. The number of aromatic nitrogens is 1. The van der Waals surface area contributed by atoms with Crippen LogP contribution in [0.2, 0.25) is 0 Å². The van der Waals surface area contributed by atoms with Gasteiger partial charge in [0.15, 0.2) is 11.5 Å². The highest BCUT2D eigenvalue weighted by Gasteiger charge is 2.14. The maximum Gasteiger partial charge on any atom is 0.231 e. The highest BCUT2D eigenvalue weighted by atomic mass is 32.1. The van der Waals surface area contributed by atoms with Gasteiger partial charge in [0, 0.05) is 23.1 Å². The maximum atomic E-state index is 12.3. The van der Waals surface area contributed by atoms with Gasteiger partial charge in [0.2, 0.25) is 5.91 Å². The number of carbonyl (C=O) groups is 1. The fraction of sp³-hybridized carbons (Fsp3) is 0.238. The van der Waals surface area contributed by atoms with Crippen LogP contribution < -0.4 is 14.8 Å². The summed E-state index contributed by atoms with van der Waals surface area (Å²) in [4.78, 5) is 16.9. The SMILES string of the molecule is Cc1ccccc1NC(=O)Cc1nc(-c2ccc3c(c2)OCCCO3)cs1. The van der Waals surface area contributed by atoms with Crippen LogP contribution in [-0.2, 0) is 11.2 Å². The molecule has 1 aliphatic rings. The lowest BCUT2D eigenvalue weighted by Crippen LogP contribution is -2.14. The molecule has 138 valence electrons. The minimum Gasteiger partial charge on any atom is -0.490 e. The van der Waals surface area contributed by atoms with Gasteiger partial charge in [0.1, 0.15) is 5.01 Å². The topological polar surface area (TPSA) is 60.5 Å². The maximum absolute atomic E-state index is 12.3. The first-order chi connectivity index (χ1) is 13.2. The number of hydrogen-bond acceptors (Lipinski definition) is 5. The number of aryl methyl sites for hydroxylation is 1. The number of benzene rings is 2. The van der Waals surface area contributed by atoms with Crippen molar-refractivity contribution in [1.29, 1.82) is 0 Å². The van der Waals surface area contributed by atoms with Gasteiger partial charge >= 0.3 is 0 Å². The second-order valence-electron chi connectivity index (χ2n) is 6.38. The van der Waals surface area contributed by atoms with Crippen LogP contribution >= 0.6 is 11.3 Å². The van der Waals surface area contributed by atoms with Crippen molar-refractivity contribution in [2.75, 3.05) is 18.5 Å². The summed E-state index contributed by atoms with van der Waals surface area (Å²) < 4.78 is 11.4. The van der Waals surface area contributed by atoms with E-state index in [2.05, 4.69) is 10.3 Å². The molecule has 1 N–H and O–H groups in total. The summed E-state index contributed by atoms with van der Waals surface area (Å²) in [5.74, 6) is 1.45. The van der Waals surface area contributed by atoms with E-state index in [-0.39, 0.29) is 12.3 Å². The van der Waals surface area contributed by atoms with Crippen LogP contribution in [0, 0.1) is 6.92 Å². The number of amides is 1. The minimum atomic E-state index is -0.0659. The van der Waals surface area contributed by atoms with Gasteiger partial charge in [-0.25, -0.2) is 4.98 Å². The number of nitrogens with one attached hydrogen (secondary N) is 1. The zero-order chi connectivity index (χ0) is 18.6. The number of hydrogen-bond donors (Lipinski definition) is 1. The van der Waals surface area contributed by atoms with Crippen molar-refractivity contribution in [2.24, 2.45) is 0 Å². The molecule has 0 saturated heterocycles. The molecule has 1 amide bonds. The van der Waals surface area contributed by atoms with Crippen molar-refractivity contribution in [3.8, 4) is 22.8 Å². The van der Waals surface area contributed by atoms with Gasteiger partial charge in [-0.05, 0) is 36.8 Å². The highest BCUT2D eigenvalue weighted by Crippen LogP contribution is 2.34. The van der Waals surface area contributed by atoms with E-state index in [1.54, 1.807) is 0 Å². The van der Waals surface area contributed by atoms with Crippen LogP contribution in [0.1, 0.15) is 17.0 Å².